The Labute approximate surface area is 138 Å². The number of carbonyl (C=O) groups is 2. The molecule has 0 N–H and O–H groups in total. The van der Waals surface area contributed by atoms with Crippen LogP contribution < -0.4 is 0 Å². The van der Waals surface area contributed by atoms with Gasteiger partial charge in [0.2, 0.25) is 0 Å². The maximum absolute atomic E-state index is 12.9. The predicted molar refractivity (Wildman–Crippen MR) is 88.0 cm³/mol. The van der Waals surface area contributed by atoms with Gasteiger partial charge >= 0.3 is 5.97 Å². The largest absolute Gasteiger partial charge is 0.466 e. The lowest BCUT2D eigenvalue weighted by Crippen LogP contribution is -2.41. The van der Waals surface area contributed by atoms with Gasteiger partial charge in [-0.3, -0.25) is 14.6 Å². The molecule has 0 atom stereocenters. The predicted octanol–water partition coefficient (Wildman–Crippen LogP) is 3.20. The summed E-state index contributed by atoms with van der Waals surface area (Å²) < 4.78 is 5.00. The molecule has 23 heavy (non-hydrogen) atoms. The summed E-state index contributed by atoms with van der Waals surface area (Å²) in [4.78, 5) is 30.4. The number of hydrogen-bond donors (Lipinski definition) is 0. The first kappa shape index (κ1) is 17.4. The van der Waals surface area contributed by atoms with Crippen molar-refractivity contribution in [2.24, 2.45) is 0 Å². The van der Waals surface area contributed by atoms with E-state index in [-0.39, 0.29) is 24.3 Å². The second-order valence-electron chi connectivity index (χ2n) is 5.94. The highest BCUT2D eigenvalue weighted by molar-refractivity contribution is 5.94. The van der Waals surface area contributed by atoms with E-state index >= 15 is 0 Å². The summed E-state index contributed by atoms with van der Waals surface area (Å²) in [6.45, 7) is 2.58. The second kappa shape index (κ2) is 9.28. The van der Waals surface area contributed by atoms with Gasteiger partial charge in [-0.05, 0) is 31.9 Å². The molecule has 0 bridgehead atoms. The minimum atomic E-state index is -0.245. The molecule has 1 saturated carbocycles. The Morgan fingerprint density at radius 3 is 2.61 bits per heavy atom. The zero-order chi connectivity index (χ0) is 16.5. The second-order valence-corrected chi connectivity index (χ2v) is 5.94. The zero-order valence-electron chi connectivity index (χ0n) is 13.9. The molecule has 0 radical (unpaired) electrons. The van der Waals surface area contributed by atoms with Crippen molar-refractivity contribution in [1.29, 1.82) is 0 Å². The molecular weight excluding hydrogens is 292 g/mol. The molecule has 2 rings (SSSR count). The van der Waals surface area contributed by atoms with E-state index < -0.39 is 0 Å². The first-order valence-corrected chi connectivity index (χ1v) is 8.59. The number of amides is 1. The SMILES string of the molecule is CCOC(=O)CCN(C(=O)c1cccnc1)C1CCCCCC1. The van der Waals surface area contributed by atoms with E-state index in [9.17, 15) is 9.59 Å². The molecule has 1 aromatic rings. The normalized spacial score (nSPS) is 15.7. The third-order valence-electron chi connectivity index (χ3n) is 4.30. The Hall–Kier alpha value is -1.91. The van der Waals surface area contributed by atoms with Gasteiger partial charge in [0.15, 0.2) is 0 Å². The minimum Gasteiger partial charge on any atom is -0.466 e. The van der Waals surface area contributed by atoms with Crippen LogP contribution >= 0.6 is 0 Å². The van der Waals surface area contributed by atoms with Crippen LogP contribution in [0.25, 0.3) is 0 Å². The minimum absolute atomic E-state index is 0.0331. The number of ether oxygens (including phenoxy) is 1. The molecule has 1 heterocycles. The molecule has 1 amide bonds. The molecule has 126 valence electrons. The first-order valence-electron chi connectivity index (χ1n) is 8.59. The quantitative estimate of drug-likeness (QED) is 0.597. The Bertz CT molecular complexity index is 496. The van der Waals surface area contributed by atoms with E-state index in [1.54, 1.807) is 31.5 Å². The highest BCUT2D eigenvalue weighted by Gasteiger charge is 2.26. The fraction of sp³-hybridized carbons (Fsp3) is 0.611. The number of rotatable bonds is 6. The summed E-state index contributed by atoms with van der Waals surface area (Å²) in [7, 11) is 0. The van der Waals surface area contributed by atoms with Crippen LogP contribution in [0.3, 0.4) is 0 Å². The van der Waals surface area contributed by atoms with Crippen molar-refractivity contribution in [3.8, 4) is 0 Å². The summed E-state index contributed by atoms with van der Waals surface area (Å²) in [5, 5.41) is 0. The van der Waals surface area contributed by atoms with Crippen LogP contribution in [0.15, 0.2) is 24.5 Å². The van der Waals surface area contributed by atoms with Crippen molar-refractivity contribution < 1.29 is 14.3 Å². The van der Waals surface area contributed by atoms with E-state index in [0.29, 0.717) is 18.7 Å². The summed E-state index contributed by atoms with van der Waals surface area (Å²) in [5.74, 6) is -0.278. The van der Waals surface area contributed by atoms with Crippen LogP contribution in [0.1, 0.15) is 62.2 Å². The van der Waals surface area contributed by atoms with E-state index in [1.807, 2.05) is 4.90 Å². The lowest BCUT2D eigenvalue weighted by Gasteiger charge is -2.31. The topological polar surface area (TPSA) is 59.5 Å². The summed E-state index contributed by atoms with van der Waals surface area (Å²) >= 11 is 0. The van der Waals surface area contributed by atoms with Crippen molar-refractivity contribution in [2.75, 3.05) is 13.2 Å². The Kier molecular flexibility index (Phi) is 7.04. The Balaban J connectivity index is 2.09. The van der Waals surface area contributed by atoms with E-state index in [2.05, 4.69) is 4.98 Å². The maximum atomic E-state index is 12.9. The van der Waals surface area contributed by atoms with Gasteiger partial charge in [0.1, 0.15) is 0 Å². The Morgan fingerprint density at radius 2 is 2.00 bits per heavy atom. The van der Waals surface area contributed by atoms with Crippen molar-refractivity contribution in [3.05, 3.63) is 30.1 Å². The third kappa shape index (κ3) is 5.34. The molecular formula is C18H26N2O3. The fourth-order valence-corrected chi connectivity index (χ4v) is 3.12. The van der Waals surface area contributed by atoms with Crippen molar-refractivity contribution in [3.63, 3.8) is 0 Å². The maximum Gasteiger partial charge on any atom is 0.307 e. The number of hydrogen-bond acceptors (Lipinski definition) is 4. The lowest BCUT2D eigenvalue weighted by atomic mass is 10.1. The first-order chi connectivity index (χ1) is 11.2. The van der Waals surface area contributed by atoms with Crippen LogP contribution in [0.4, 0.5) is 0 Å². The molecule has 1 aliphatic carbocycles. The Morgan fingerprint density at radius 1 is 1.26 bits per heavy atom. The van der Waals surface area contributed by atoms with Gasteiger partial charge in [0.25, 0.3) is 5.91 Å². The number of nitrogens with zero attached hydrogens (tertiary/aromatic N) is 2. The average molecular weight is 318 g/mol. The molecule has 0 aliphatic heterocycles. The van der Waals surface area contributed by atoms with Crippen LogP contribution in [0, 0.1) is 0 Å². The number of aromatic nitrogens is 1. The van der Waals surface area contributed by atoms with Crippen LogP contribution in [-0.2, 0) is 9.53 Å². The van der Waals surface area contributed by atoms with Crippen LogP contribution in [0.5, 0.6) is 0 Å². The third-order valence-corrected chi connectivity index (χ3v) is 4.30. The summed E-state index contributed by atoms with van der Waals surface area (Å²) in [6, 6.07) is 3.76. The van der Waals surface area contributed by atoms with Gasteiger partial charge in [0.05, 0.1) is 18.6 Å². The number of pyridine rings is 1. The van der Waals surface area contributed by atoms with Crippen LogP contribution in [-0.4, -0.2) is 41.0 Å². The molecule has 0 aromatic carbocycles. The summed E-state index contributed by atoms with van der Waals surface area (Å²) in [5.41, 5.74) is 0.584. The van der Waals surface area contributed by atoms with Gasteiger partial charge in [-0.25, -0.2) is 0 Å². The van der Waals surface area contributed by atoms with Gasteiger partial charge < -0.3 is 9.64 Å². The molecule has 0 saturated heterocycles. The van der Waals surface area contributed by atoms with Gasteiger partial charge in [-0.15, -0.1) is 0 Å². The monoisotopic (exact) mass is 318 g/mol. The van der Waals surface area contributed by atoms with Gasteiger partial charge in [-0.1, -0.05) is 25.7 Å². The highest BCUT2D eigenvalue weighted by Crippen LogP contribution is 2.23. The molecule has 5 nitrogen and oxygen atoms in total. The lowest BCUT2D eigenvalue weighted by molar-refractivity contribution is -0.143. The molecule has 1 aromatic heterocycles. The molecule has 0 spiro atoms. The molecule has 1 fully saturated rings. The standard InChI is InChI=1S/C18H26N2O3/c1-2-23-17(21)11-13-20(16-9-5-3-4-6-10-16)18(22)15-8-7-12-19-14-15/h7-8,12,14,16H,2-6,9-11,13H2,1H3. The van der Waals surface area contributed by atoms with E-state index in [0.717, 1.165) is 25.7 Å². The smallest absolute Gasteiger partial charge is 0.307 e. The van der Waals surface area contributed by atoms with Crippen molar-refractivity contribution >= 4 is 11.9 Å². The zero-order valence-corrected chi connectivity index (χ0v) is 13.9. The molecule has 5 heteroatoms. The van der Waals surface area contributed by atoms with Crippen molar-refractivity contribution in [2.45, 2.75) is 57.9 Å². The number of esters is 1. The number of carbonyl (C=O) groups excluding carboxylic acids is 2. The van der Waals surface area contributed by atoms with Crippen molar-refractivity contribution in [1.82, 2.24) is 9.88 Å². The van der Waals surface area contributed by atoms with E-state index in [1.165, 1.54) is 12.8 Å². The fourth-order valence-electron chi connectivity index (χ4n) is 3.12. The summed E-state index contributed by atoms with van der Waals surface area (Å²) in [6.07, 6.45) is 10.2. The van der Waals surface area contributed by atoms with E-state index in [4.69, 9.17) is 4.74 Å². The highest BCUT2D eigenvalue weighted by atomic mass is 16.5. The van der Waals surface area contributed by atoms with Gasteiger partial charge in [-0.2, -0.15) is 0 Å². The molecule has 1 aliphatic rings. The molecule has 0 unspecified atom stereocenters. The average Bonchev–Trinajstić information content (AvgIpc) is 2.85. The van der Waals surface area contributed by atoms with Gasteiger partial charge in [0, 0.05) is 25.0 Å². The van der Waals surface area contributed by atoms with Crippen LogP contribution in [0.2, 0.25) is 0 Å².